The van der Waals surface area contributed by atoms with E-state index in [0.717, 1.165) is 26.1 Å². The van der Waals surface area contributed by atoms with Gasteiger partial charge in [0.2, 0.25) is 5.91 Å². The molecule has 31 heavy (non-hydrogen) atoms. The molecule has 0 atom stereocenters. The van der Waals surface area contributed by atoms with Gasteiger partial charge in [-0.1, -0.05) is 24.3 Å². The van der Waals surface area contributed by atoms with Crippen LogP contribution in [0.5, 0.6) is 5.75 Å². The summed E-state index contributed by atoms with van der Waals surface area (Å²) in [5.74, 6) is -0.555. The van der Waals surface area contributed by atoms with Gasteiger partial charge >= 0.3 is 0 Å². The summed E-state index contributed by atoms with van der Waals surface area (Å²) in [4.78, 5) is 28.5. The molecule has 3 rings (SSSR count). The zero-order valence-electron chi connectivity index (χ0n) is 18.0. The summed E-state index contributed by atoms with van der Waals surface area (Å²) < 4.78 is 19.3. The number of halogens is 1. The van der Waals surface area contributed by atoms with E-state index in [0.29, 0.717) is 23.5 Å². The first-order valence-electron chi connectivity index (χ1n) is 10.7. The minimum atomic E-state index is -0.439. The minimum Gasteiger partial charge on any atom is -0.449 e. The maximum absolute atomic E-state index is 13.5. The molecule has 2 amide bonds. The zero-order chi connectivity index (χ0) is 22.2. The lowest BCUT2D eigenvalue weighted by molar-refractivity contribution is -0.896. The molecule has 0 saturated heterocycles. The average molecular weight is 427 g/mol. The Morgan fingerprint density at radius 2 is 1.94 bits per heavy atom. The molecule has 0 radical (unpaired) electrons. The van der Waals surface area contributed by atoms with Crippen LogP contribution in [0.4, 0.5) is 10.1 Å². The van der Waals surface area contributed by atoms with Crippen molar-refractivity contribution in [2.24, 2.45) is 0 Å². The van der Waals surface area contributed by atoms with Crippen molar-refractivity contribution < 1.29 is 23.6 Å². The number of ether oxygens (including phenoxy) is 1. The lowest BCUT2D eigenvalue weighted by Crippen LogP contribution is -3.11. The zero-order valence-corrected chi connectivity index (χ0v) is 18.0. The van der Waals surface area contributed by atoms with Gasteiger partial charge in [-0.3, -0.25) is 14.5 Å². The second-order valence-electron chi connectivity index (χ2n) is 7.44. The van der Waals surface area contributed by atoms with Crippen LogP contribution in [0.15, 0.2) is 54.3 Å². The Kier molecular flexibility index (Phi) is 7.78. The van der Waals surface area contributed by atoms with Crippen molar-refractivity contribution in [2.45, 2.75) is 20.3 Å². The van der Waals surface area contributed by atoms with Crippen molar-refractivity contribution in [2.75, 3.05) is 37.6 Å². The van der Waals surface area contributed by atoms with Crippen molar-refractivity contribution in [3.63, 3.8) is 0 Å². The van der Waals surface area contributed by atoms with Gasteiger partial charge in [-0.2, -0.15) is 0 Å². The number of quaternary nitrogens is 1. The molecular weight excluding hydrogens is 397 g/mol. The second-order valence-corrected chi connectivity index (χ2v) is 7.44. The molecule has 0 fully saturated rings. The van der Waals surface area contributed by atoms with Gasteiger partial charge in [0.15, 0.2) is 11.5 Å². The SMILES string of the molecule is CC[NH+](CC)CCCNC(=O)CN1C(=O)C(=Cc2cccc(F)c2)Oc2ccccc21. The molecule has 0 bridgehead atoms. The first-order valence-corrected chi connectivity index (χ1v) is 10.7. The van der Waals surface area contributed by atoms with E-state index in [1.165, 1.54) is 28.0 Å². The van der Waals surface area contributed by atoms with Crippen LogP contribution < -0.4 is 19.9 Å². The molecule has 0 spiro atoms. The van der Waals surface area contributed by atoms with Gasteiger partial charge in [0.05, 0.1) is 25.3 Å². The van der Waals surface area contributed by atoms with Crippen molar-refractivity contribution in [3.8, 4) is 5.75 Å². The number of carbonyl (C=O) groups excluding carboxylic acids is 2. The lowest BCUT2D eigenvalue weighted by Gasteiger charge is -2.30. The van der Waals surface area contributed by atoms with Crippen LogP contribution in [-0.2, 0) is 9.59 Å². The quantitative estimate of drug-likeness (QED) is 0.476. The molecule has 164 valence electrons. The van der Waals surface area contributed by atoms with Gasteiger partial charge in [-0.25, -0.2) is 4.39 Å². The number of benzene rings is 2. The Morgan fingerprint density at radius 1 is 1.16 bits per heavy atom. The highest BCUT2D eigenvalue weighted by Crippen LogP contribution is 2.35. The minimum absolute atomic E-state index is 0.0437. The van der Waals surface area contributed by atoms with E-state index in [9.17, 15) is 14.0 Å². The van der Waals surface area contributed by atoms with Gasteiger partial charge in [-0.15, -0.1) is 0 Å². The maximum atomic E-state index is 13.5. The Hall–Kier alpha value is -3.19. The predicted octanol–water partition coefficient (Wildman–Crippen LogP) is 2.02. The fourth-order valence-electron chi connectivity index (χ4n) is 3.54. The van der Waals surface area contributed by atoms with Crippen molar-refractivity contribution in [1.82, 2.24) is 5.32 Å². The first-order chi connectivity index (χ1) is 15.0. The number of nitrogens with one attached hydrogen (secondary N) is 2. The molecule has 0 aliphatic carbocycles. The highest BCUT2D eigenvalue weighted by Gasteiger charge is 2.31. The number of nitrogens with zero attached hydrogens (tertiary/aromatic N) is 1. The van der Waals surface area contributed by atoms with Crippen molar-refractivity contribution in [3.05, 3.63) is 65.7 Å². The van der Waals surface area contributed by atoms with Crippen molar-refractivity contribution in [1.29, 1.82) is 0 Å². The number of carbonyl (C=O) groups is 2. The largest absolute Gasteiger partial charge is 0.449 e. The van der Waals surface area contributed by atoms with E-state index < -0.39 is 11.7 Å². The highest BCUT2D eigenvalue weighted by molar-refractivity contribution is 6.12. The number of para-hydroxylation sites is 2. The predicted molar refractivity (Wildman–Crippen MR) is 118 cm³/mol. The Bertz CT molecular complexity index is 957. The summed E-state index contributed by atoms with van der Waals surface area (Å²) in [6.07, 6.45) is 2.36. The Morgan fingerprint density at radius 3 is 2.68 bits per heavy atom. The number of rotatable bonds is 9. The number of anilines is 1. The molecule has 2 aromatic rings. The summed E-state index contributed by atoms with van der Waals surface area (Å²) in [6.45, 7) is 7.86. The van der Waals surface area contributed by atoms with E-state index in [1.807, 2.05) is 0 Å². The van der Waals surface area contributed by atoms with Crippen LogP contribution in [-0.4, -0.2) is 44.5 Å². The third kappa shape index (κ3) is 5.92. The van der Waals surface area contributed by atoms with E-state index in [4.69, 9.17) is 4.74 Å². The van der Waals surface area contributed by atoms with Crippen LogP contribution in [0.3, 0.4) is 0 Å². The fourth-order valence-corrected chi connectivity index (χ4v) is 3.54. The Balaban J connectivity index is 1.71. The normalized spacial score (nSPS) is 14.5. The van der Waals surface area contributed by atoms with E-state index in [1.54, 1.807) is 36.4 Å². The summed E-state index contributed by atoms with van der Waals surface area (Å²) in [5, 5.41) is 2.90. The first kappa shape index (κ1) is 22.5. The van der Waals surface area contributed by atoms with Gasteiger partial charge in [-0.05, 0) is 49.8 Å². The fraction of sp³-hybridized carbons (Fsp3) is 0.333. The van der Waals surface area contributed by atoms with Gasteiger partial charge in [0.25, 0.3) is 5.91 Å². The lowest BCUT2D eigenvalue weighted by atomic mass is 10.1. The smallest absolute Gasteiger partial charge is 0.294 e. The second kappa shape index (κ2) is 10.7. The molecule has 0 saturated carbocycles. The van der Waals surface area contributed by atoms with Crippen LogP contribution >= 0.6 is 0 Å². The van der Waals surface area contributed by atoms with E-state index in [-0.39, 0.29) is 18.2 Å². The molecule has 7 heteroatoms. The number of fused-ring (bicyclic) bond motifs is 1. The molecule has 2 aromatic carbocycles. The molecule has 0 aromatic heterocycles. The van der Waals surface area contributed by atoms with Crippen LogP contribution in [0, 0.1) is 5.82 Å². The third-order valence-corrected chi connectivity index (χ3v) is 5.31. The molecular formula is C24H29FN3O3+. The number of hydrogen-bond donors (Lipinski definition) is 2. The average Bonchev–Trinajstić information content (AvgIpc) is 2.77. The molecule has 2 N–H and O–H groups in total. The monoisotopic (exact) mass is 426 g/mol. The number of hydrogen-bond acceptors (Lipinski definition) is 3. The Labute approximate surface area is 182 Å². The van der Waals surface area contributed by atoms with Gasteiger partial charge in [0, 0.05) is 13.0 Å². The molecule has 0 unspecified atom stereocenters. The van der Waals surface area contributed by atoms with Crippen LogP contribution in [0.1, 0.15) is 25.8 Å². The standard InChI is InChI=1S/C24H28FN3O3/c1-3-27(4-2)14-8-13-26-23(29)17-28-20-11-5-6-12-21(20)31-22(24(28)30)16-18-9-7-10-19(25)15-18/h5-7,9-12,15-16H,3-4,8,13-14,17H2,1-2H3,(H,26,29)/p+1. The van der Waals surface area contributed by atoms with Crippen LogP contribution in [0.2, 0.25) is 0 Å². The van der Waals surface area contributed by atoms with E-state index >= 15 is 0 Å². The maximum Gasteiger partial charge on any atom is 0.294 e. The molecule has 1 aliphatic rings. The van der Waals surface area contributed by atoms with Gasteiger partial charge < -0.3 is 15.0 Å². The third-order valence-electron chi connectivity index (χ3n) is 5.31. The number of amides is 2. The molecule has 1 aliphatic heterocycles. The summed E-state index contributed by atoms with van der Waals surface area (Å²) >= 11 is 0. The van der Waals surface area contributed by atoms with Crippen LogP contribution in [0.25, 0.3) is 6.08 Å². The molecule has 1 heterocycles. The molecule has 6 nitrogen and oxygen atoms in total. The summed E-state index contributed by atoms with van der Waals surface area (Å²) in [7, 11) is 0. The summed E-state index contributed by atoms with van der Waals surface area (Å²) in [5.41, 5.74) is 1.04. The topological polar surface area (TPSA) is 63.1 Å². The van der Waals surface area contributed by atoms with Gasteiger partial charge in [0.1, 0.15) is 12.4 Å². The van der Waals surface area contributed by atoms with E-state index in [2.05, 4.69) is 19.2 Å². The van der Waals surface area contributed by atoms with Crippen molar-refractivity contribution >= 4 is 23.6 Å². The highest BCUT2D eigenvalue weighted by atomic mass is 19.1. The summed E-state index contributed by atoms with van der Waals surface area (Å²) in [6, 6.07) is 13.0.